The lowest BCUT2D eigenvalue weighted by Crippen LogP contribution is -2.05. The molecule has 0 saturated carbocycles. The molecule has 0 aromatic heterocycles. The van der Waals surface area contributed by atoms with Crippen LogP contribution in [0.1, 0.15) is 0 Å². The van der Waals surface area contributed by atoms with Crippen molar-refractivity contribution in [3.05, 3.63) is 0 Å². The van der Waals surface area contributed by atoms with E-state index in [1.54, 1.807) is 0 Å². The Morgan fingerprint density at radius 2 is 2.00 bits per heavy atom. The van der Waals surface area contributed by atoms with Crippen LogP contribution in [0.2, 0.25) is 0 Å². The van der Waals surface area contributed by atoms with Gasteiger partial charge in [-0.05, 0) is 0 Å². The summed E-state index contributed by atoms with van der Waals surface area (Å²) < 4.78 is 40.8. The largest absolute Gasteiger partial charge is 0.397 e. The fraction of sp³-hybridized carbons (Fsp3) is 1.00. The quantitative estimate of drug-likeness (QED) is 0.372. The van der Waals surface area contributed by atoms with Crippen molar-refractivity contribution in [1.82, 2.24) is 6.15 Å². The predicted octanol–water partition coefficient (Wildman–Crippen LogP) is 0.259. The van der Waals surface area contributed by atoms with Crippen molar-refractivity contribution in [1.29, 1.82) is 0 Å². The van der Waals surface area contributed by atoms with Crippen LogP contribution in [-0.2, 0) is 19.1 Å². The molecular formula is C2H8NO5PS. The van der Waals surface area contributed by atoms with Crippen molar-refractivity contribution in [2.75, 3.05) is 12.8 Å². The Hall–Kier alpha value is -0.0700. The van der Waals surface area contributed by atoms with E-state index in [0.29, 0.717) is 0 Å². The van der Waals surface area contributed by atoms with Crippen molar-refractivity contribution in [3.63, 3.8) is 0 Å². The molecule has 0 heterocycles. The van der Waals surface area contributed by atoms with Crippen LogP contribution in [0.5, 0.6) is 0 Å². The van der Waals surface area contributed by atoms with Gasteiger partial charge in [0.05, 0.1) is 12.8 Å². The SMILES string of the molecule is N.O=PCCOS(=O)(=O)O. The third-order valence-electron chi connectivity index (χ3n) is 0.415. The summed E-state index contributed by atoms with van der Waals surface area (Å²) in [6.07, 6.45) is 0.0553. The van der Waals surface area contributed by atoms with Gasteiger partial charge in [0.1, 0.15) is 0 Å². The molecule has 4 N–H and O–H groups in total. The molecule has 0 unspecified atom stereocenters. The summed E-state index contributed by atoms with van der Waals surface area (Å²) in [6, 6.07) is 0. The highest BCUT2D eigenvalue weighted by Crippen LogP contribution is 1.92. The van der Waals surface area contributed by atoms with E-state index >= 15 is 0 Å². The summed E-state index contributed by atoms with van der Waals surface area (Å²) in [4.78, 5) is 0. The monoisotopic (exact) mass is 189 g/mol. The van der Waals surface area contributed by atoms with E-state index in [4.69, 9.17) is 4.55 Å². The number of rotatable bonds is 4. The number of hydrogen-bond acceptors (Lipinski definition) is 5. The molecule has 0 aliphatic heterocycles. The minimum Gasteiger partial charge on any atom is -0.344 e. The second kappa shape index (κ2) is 5.70. The molecule has 62 valence electrons. The summed E-state index contributed by atoms with van der Waals surface area (Å²) in [6.45, 7) is -0.260. The van der Waals surface area contributed by atoms with E-state index in [2.05, 4.69) is 4.18 Å². The first kappa shape index (κ1) is 12.6. The summed E-state index contributed by atoms with van der Waals surface area (Å²) in [5.41, 5.74) is 0. The first-order valence-electron chi connectivity index (χ1n) is 1.97. The standard InChI is InChI=1S/C2H5O5PS.H3N/c3-8-2-1-7-9(4,5)6;/h1-2H2,(H,4,5,6);1H3. The van der Waals surface area contributed by atoms with Gasteiger partial charge in [-0.2, -0.15) is 8.42 Å². The van der Waals surface area contributed by atoms with Crippen LogP contribution >= 0.6 is 8.46 Å². The predicted molar refractivity (Wildman–Crippen MR) is 35.0 cm³/mol. The maximum Gasteiger partial charge on any atom is 0.397 e. The molecule has 0 aliphatic rings. The van der Waals surface area contributed by atoms with E-state index < -0.39 is 10.4 Å². The van der Waals surface area contributed by atoms with Crippen LogP contribution < -0.4 is 6.15 Å². The highest BCUT2D eigenvalue weighted by atomic mass is 32.3. The Morgan fingerprint density at radius 1 is 1.50 bits per heavy atom. The smallest absolute Gasteiger partial charge is 0.344 e. The Balaban J connectivity index is 0. The van der Waals surface area contributed by atoms with Gasteiger partial charge in [0.25, 0.3) is 0 Å². The molecule has 6 nitrogen and oxygen atoms in total. The lowest BCUT2D eigenvalue weighted by molar-refractivity contribution is 0.284. The van der Waals surface area contributed by atoms with Crippen LogP contribution in [0.25, 0.3) is 0 Å². The molecule has 0 fully saturated rings. The minimum atomic E-state index is -4.34. The van der Waals surface area contributed by atoms with E-state index in [1.165, 1.54) is 0 Å². The Labute approximate surface area is 60.3 Å². The molecule has 0 saturated heterocycles. The average molecular weight is 189 g/mol. The molecule has 0 rings (SSSR count). The van der Waals surface area contributed by atoms with Crippen molar-refractivity contribution >= 4 is 18.9 Å². The van der Waals surface area contributed by atoms with E-state index in [9.17, 15) is 13.0 Å². The zero-order chi connectivity index (χ0) is 7.33. The van der Waals surface area contributed by atoms with Gasteiger partial charge in [0.2, 0.25) is 0 Å². The molecule has 0 atom stereocenters. The van der Waals surface area contributed by atoms with Gasteiger partial charge in [-0.1, -0.05) is 0 Å². The molecular weight excluding hydrogens is 181 g/mol. The molecule has 10 heavy (non-hydrogen) atoms. The van der Waals surface area contributed by atoms with E-state index in [-0.39, 0.29) is 27.4 Å². The number of hydrogen-bond donors (Lipinski definition) is 2. The highest BCUT2D eigenvalue weighted by Gasteiger charge is 2.01. The van der Waals surface area contributed by atoms with Crippen molar-refractivity contribution in [2.24, 2.45) is 0 Å². The minimum absolute atomic E-state index is 0. The van der Waals surface area contributed by atoms with Crippen LogP contribution in [0.4, 0.5) is 0 Å². The second-order valence-electron chi connectivity index (χ2n) is 1.10. The second-order valence-corrected chi connectivity index (χ2v) is 2.90. The van der Waals surface area contributed by atoms with Gasteiger partial charge in [-0.25, -0.2) is 4.18 Å². The summed E-state index contributed by atoms with van der Waals surface area (Å²) in [7, 11) is -4.55. The maximum absolute atomic E-state index is 9.73. The van der Waals surface area contributed by atoms with Crippen molar-refractivity contribution in [3.8, 4) is 0 Å². The van der Waals surface area contributed by atoms with Crippen molar-refractivity contribution < 1.29 is 21.7 Å². The van der Waals surface area contributed by atoms with Crippen LogP contribution in [0.3, 0.4) is 0 Å². The van der Waals surface area contributed by atoms with Gasteiger partial charge in [0, 0.05) is 0 Å². The zero-order valence-electron chi connectivity index (χ0n) is 5.06. The Bertz CT molecular complexity index is 176. The van der Waals surface area contributed by atoms with Gasteiger partial charge >= 0.3 is 10.4 Å². The summed E-state index contributed by atoms with van der Waals surface area (Å²) >= 11 is 0. The van der Waals surface area contributed by atoms with Gasteiger partial charge < -0.3 is 6.15 Å². The molecule has 0 spiro atoms. The molecule has 0 aromatic carbocycles. The molecule has 0 aliphatic carbocycles. The fourth-order valence-corrected chi connectivity index (χ4v) is 0.763. The molecule has 0 aromatic rings. The average Bonchev–Trinajstić information content (AvgIpc) is 1.63. The Morgan fingerprint density at radius 3 is 2.30 bits per heavy atom. The van der Waals surface area contributed by atoms with Crippen LogP contribution in [0, 0.1) is 0 Å². The van der Waals surface area contributed by atoms with E-state index in [1.807, 2.05) is 0 Å². The third-order valence-corrected chi connectivity index (χ3v) is 1.24. The molecule has 0 radical (unpaired) electrons. The van der Waals surface area contributed by atoms with E-state index in [0.717, 1.165) is 0 Å². The molecule has 0 bridgehead atoms. The van der Waals surface area contributed by atoms with Crippen LogP contribution in [-0.4, -0.2) is 25.7 Å². The lowest BCUT2D eigenvalue weighted by atomic mass is 10.9. The van der Waals surface area contributed by atoms with Crippen molar-refractivity contribution in [2.45, 2.75) is 0 Å². The zero-order valence-corrected chi connectivity index (χ0v) is 6.77. The topological polar surface area (TPSA) is 116 Å². The van der Waals surface area contributed by atoms with Gasteiger partial charge in [-0.15, -0.1) is 0 Å². The third kappa shape index (κ3) is 10.8. The molecule has 0 amide bonds. The highest BCUT2D eigenvalue weighted by molar-refractivity contribution is 7.80. The van der Waals surface area contributed by atoms with Crippen LogP contribution in [0.15, 0.2) is 0 Å². The fourth-order valence-electron chi connectivity index (χ4n) is 0.180. The first-order chi connectivity index (χ1) is 4.06. The maximum atomic E-state index is 9.73. The first-order valence-corrected chi connectivity index (χ1v) is 4.33. The lowest BCUT2D eigenvalue weighted by Gasteiger charge is -1.91. The molecule has 8 heteroatoms. The normalized spacial score (nSPS) is 10.9. The summed E-state index contributed by atoms with van der Waals surface area (Å²) in [5, 5.41) is 0. The summed E-state index contributed by atoms with van der Waals surface area (Å²) in [5.74, 6) is 0. The van der Waals surface area contributed by atoms with Gasteiger partial charge in [0.15, 0.2) is 8.46 Å². The Kier molecular flexibility index (Phi) is 7.17. The van der Waals surface area contributed by atoms with Gasteiger partial charge in [-0.3, -0.25) is 9.12 Å².